The van der Waals surface area contributed by atoms with Crippen LogP contribution in [-0.2, 0) is 22.0 Å². The Balaban J connectivity index is 1.69. The van der Waals surface area contributed by atoms with E-state index in [1.165, 1.54) is 11.1 Å². The van der Waals surface area contributed by atoms with Crippen molar-refractivity contribution in [3.8, 4) is 10.6 Å². The van der Waals surface area contributed by atoms with Gasteiger partial charge in [0.25, 0.3) is 0 Å². The topological polar surface area (TPSA) is 31.4 Å². The van der Waals surface area contributed by atoms with Gasteiger partial charge in [-0.05, 0) is 30.5 Å². The Morgan fingerprint density at radius 3 is 3.05 bits per heavy atom. The van der Waals surface area contributed by atoms with Gasteiger partial charge in [-0.2, -0.15) is 0 Å². The van der Waals surface area contributed by atoms with Gasteiger partial charge in [-0.1, -0.05) is 12.1 Å². The molecule has 1 fully saturated rings. The van der Waals surface area contributed by atoms with E-state index in [-0.39, 0.29) is 6.10 Å². The summed E-state index contributed by atoms with van der Waals surface area (Å²) < 4.78 is 11.2. The molecule has 1 aromatic heterocycles. The lowest BCUT2D eigenvalue weighted by Crippen LogP contribution is -2.12. The summed E-state index contributed by atoms with van der Waals surface area (Å²) in [5, 5.41) is 3.03. The van der Waals surface area contributed by atoms with Gasteiger partial charge in [0, 0.05) is 17.6 Å². The van der Waals surface area contributed by atoms with E-state index in [1.807, 2.05) is 5.38 Å². The van der Waals surface area contributed by atoms with E-state index in [1.54, 1.807) is 11.3 Å². The molecule has 5 heteroatoms. The summed E-state index contributed by atoms with van der Waals surface area (Å²) in [6.07, 6.45) is 1.24. The number of nitrogens with zero attached hydrogens (tertiary/aromatic N) is 1. The standard InChI is InChI=1S/C16H18ClNO2S/c1-11-6-12(16-18-14(7-17)10-21-16)2-3-13(11)8-20-15-4-5-19-9-15/h2-3,6,10,15H,4-5,7-9H2,1H3. The average Bonchev–Trinajstić information content (AvgIpc) is 3.17. The molecule has 1 unspecified atom stereocenters. The highest BCUT2D eigenvalue weighted by Crippen LogP contribution is 2.27. The van der Waals surface area contributed by atoms with Crippen molar-refractivity contribution in [2.24, 2.45) is 0 Å². The maximum atomic E-state index is 5.88. The Morgan fingerprint density at radius 2 is 2.38 bits per heavy atom. The molecule has 1 aliphatic heterocycles. The van der Waals surface area contributed by atoms with E-state index in [4.69, 9.17) is 21.1 Å². The molecule has 1 saturated heterocycles. The van der Waals surface area contributed by atoms with E-state index in [0.717, 1.165) is 35.9 Å². The van der Waals surface area contributed by atoms with Crippen molar-refractivity contribution in [2.45, 2.75) is 31.9 Å². The fourth-order valence-electron chi connectivity index (χ4n) is 2.34. The largest absolute Gasteiger partial charge is 0.379 e. The summed E-state index contributed by atoms with van der Waals surface area (Å²) in [6.45, 7) is 4.29. The van der Waals surface area contributed by atoms with Crippen molar-refractivity contribution >= 4 is 22.9 Å². The Kier molecular flexibility index (Phi) is 4.91. The number of hydrogen-bond acceptors (Lipinski definition) is 4. The van der Waals surface area contributed by atoms with Crippen LogP contribution in [0.3, 0.4) is 0 Å². The van der Waals surface area contributed by atoms with Gasteiger partial charge in [-0.25, -0.2) is 4.98 Å². The van der Waals surface area contributed by atoms with Crippen LogP contribution in [0.5, 0.6) is 0 Å². The molecule has 0 amide bonds. The molecule has 0 bridgehead atoms. The Hall–Kier alpha value is -0.940. The van der Waals surface area contributed by atoms with Crippen molar-refractivity contribution in [1.82, 2.24) is 4.98 Å². The first-order valence-corrected chi connectivity index (χ1v) is 8.47. The number of alkyl halides is 1. The van der Waals surface area contributed by atoms with Gasteiger partial charge in [0.15, 0.2) is 0 Å². The van der Waals surface area contributed by atoms with Crippen LogP contribution < -0.4 is 0 Å². The molecule has 1 aliphatic rings. The monoisotopic (exact) mass is 323 g/mol. The van der Waals surface area contributed by atoms with Gasteiger partial charge in [0.1, 0.15) is 5.01 Å². The minimum Gasteiger partial charge on any atom is -0.379 e. The lowest BCUT2D eigenvalue weighted by molar-refractivity contribution is 0.0315. The second-order valence-electron chi connectivity index (χ2n) is 5.22. The quantitative estimate of drug-likeness (QED) is 0.774. The first kappa shape index (κ1) is 15.0. The summed E-state index contributed by atoms with van der Waals surface area (Å²) >= 11 is 7.44. The molecule has 21 heavy (non-hydrogen) atoms. The van der Waals surface area contributed by atoms with Crippen LogP contribution in [0.2, 0.25) is 0 Å². The van der Waals surface area contributed by atoms with Gasteiger partial charge in [-0.3, -0.25) is 0 Å². The zero-order valence-corrected chi connectivity index (χ0v) is 13.5. The van der Waals surface area contributed by atoms with Gasteiger partial charge < -0.3 is 9.47 Å². The van der Waals surface area contributed by atoms with Gasteiger partial charge in [-0.15, -0.1) is 22.9 Å². The predicted molar refractivity (Wildman–Crippen MR) is 85.9 cm³/mol. The van der Waals surface area contributed by atoms with Crippen molar-refractivity contribution in [3.63, 3.8) is 0 Å². The summed E-state index contributed by atoms with van der Waals surface area (Å²) in [5.41, 5.74) is 4.53. The number of hydrogen-bond donors (Lipinski definition) is 0. The van der Waals surface area contributed by atoms with Crippen molar-refractivity contribution < 1.29 is 9.47 Å². The normalized spacial score (nSPS) is 18.3. The lowest BCUT2D eigenvalue weighted by Gasteiger charge is -2.12. The Bertz CT molecular complexity index is 608. The number of aromatic nitrogens is 1. The van der Waals surface area contributed by atoms with E-state index >= 15 is 0 Å². The highest BCUT2D eigenvalue weighted by atomic mass is 35.5. The second kappa shape index (κ2) is 6.88. The number of halogens is 1. The smallest absolute Gasteiger partial charge is 0.123 e. The molecular formula is C16H18ClNO2S. The van der Waals surface area contributed by atoms with Crippen LogP contribution in [0, 0.1) is 6.92 Å². The summed E-state index contributed by atoms with van der Waals surface area (Å²) in [4.78, 5) is 4.52. The molecule has 0 N–H and O–H groups in total. The molecule has 0 saturated carbocycles. The average molecular weight is 324 g/mol. The zero-order chi connectivity index (χ0) is 14.7. The molecule has 3 rings (SSSR count). The highest BCUT2D eigenvalue weighted by Gasteiger charge is 2.16. The third kappa shape index (κ3) is 3.64. The van der Waals surface area contributed by atoms with Gasteiger partial charge in [0.05, 0.1) is 30.9 Å². The summed E-state index contributed by atoms with van der Waals surface area (Å²) in [7, 11) is 0. The van der Waals surface area contributed by atoms with Crippen LogP contribution >= 0.6 is 22.9 Å². The van der Waals surface area contributed by atoms with E-state index < -0.39 is 0 Å². The molecule has 2 heterocycles. The highest BCUT2D eigenvalue weighted by molar-refractivity contribution is 7.13. The first-order valence-electron chi connectivity index (χ1n) is 7.06. The first-order chi connectivity index (χ1) is 10.3. The minimum absolute atomic E-state index is 0.245. The Labute approximate surface area is 133 Å². The molecule has 0 spiro atoms. The van der Waals surface area contributed by atoms with Crippen LogP contribution in [0.4, 0.5) is 0 Å². The third-order valence-electron chi connectivity index (χ3n) is 3.64. The fourth-order valence-corrected chi connectivity index (χ4v) is 3.39. The van der Waals surface area contributed by atoms with Gasteiger partial charge >= 0.3 is 0 Å². The van der Waals surface area contributed by atoms with E-state index in [9.17, 15) is 0 Å². The number of thiazole rings is 1. The molecule has 1 atom stereocenters. The summed E-state index contributed by atoms with van der Waals surface area (Å²) in [6, 6.07) is 6.40. The molecule has 3 nitrogen and oxygen atoms in total. The number of rotatable bonds is 5. The number of aryl methyl sites for hydroxylation is 1. The van der Waals surface area contributed by atoms with Crippen molar-refractivity contribution in [1.29, 1.82) is 0 Å². The maximum Gasteiger partial charge on any atom is 0.123 e. The molecule has 0 radical (unpaired) electrons. The number of ether oxygens (including phenoxy) is 2. The second-order valence-corrected chi connectivity index (χ2v) is 6.34. The fraction of sp³-hybridized carbons (Fsp3) is 0.438. The molecule has 2 aromatic rings. The summed E-state index contributed by atoms with van der Waals surface area (Å²) in [5.74, 6) is 0.463. The van der Waals surface area contributed by atoms with Gasteiger partial charge in [0.2, 0.25) is 0 Å². The van der Waals surface area contributed by atoms with Crippen LogP contribution in [0.25, 0.3) is 10.6 Å². The van der Waals surface area contributed by atoms with Crippen molar-refractivity contribution in [2.75, 3.05) is 13.2 Å². The zero-order valence-electron chi connectivity index (χ0n) is 12.0. The number of benzene rings is 1. The lowest BCUT2D eigenvalue weighted by atomic mass is 10.1. The molecule has 1 aromatic carbocycles. The van der Waals surface area contributed by atoms with Crippen molar-refractivity contribution in [3.05, 3.63) is 40.4 Å². The van der Waals surface area contributed by atoms with E-state index in [2.05, 4.69) is 30.1 Å². The van der Waals surface area contributed by atoms with Crippen LogP contribution in [-0.4, -0.2) is 24.3 Å². The molecule has 0 aliphatic carbocycles. The molecule has 112 valence electrons. The maximum absolute atomic E-state index is 5.88. The van der Waals surface area contributed by atoms with E-state index in [0.29, 0.717) is 12.5 Å². The van der Waals surface area contributed by atoms with Crippen LogP contribution in [0.1, 0.15) is 23.2 Å². The third-order valence-corrected chi connectivity index (χ3v) is 4.85. The Morgan fingerprint density at radius 1 is 1.48 bits per heavy atom. The SMILES string of the molecule is Cc1cc(-c2nc(CCl)cs2)ccc1COC1CCOC1. The van der Waals surface area contributed by atoms with Crippen LogP contribution in [0.15, 0.2) is 23.6 Å². The minimum atomic E-state index is 0.245. The predicted octanol–water partition coefficient (Wildman–Crippen LogP) is 4.16. The molecular weight excluding hydrogens is 306 g/mol.